The van der Waals surface area contributed by atoms with Gasteiger partial charge in [-0.2, -0.15) is 10.2 Å². The fourth-order valence-electron chi connectivity index (χ4n) is 5.41. The molecule has 2 aromatic carbocycles. The van der Waals surface area contributed by atoms with E-state index in [0.717, 1.165) is 55.7 Å². The molecule has 6 rings (SSSR count). The second kappa shape index (κ2) is 22.2. The molecule has 324 valence electrons. The number of nitrogens with zero attached hydrogens (tertiary/aromatic N) is 4. The first-order chi connectivity index (χ1) is 28.9. The smallest absolute Gasteiger partial charge is 0.303 e. The van der Waals surface area contributed by atoms with Crippen LogP contribution in [0.5, 0.6) is 0 Å². The number of hydrogen-bond donors (Lipinski definition) is 5. The second-order valence-electron chi connectivity index (χ2n) is 15.5. The molecular weight excluding hydrogens is 823 g/mol. The van der Waals surface area contributed by atoms with Gasteiger partial charge in [0, 0.05) is 57.6 Å². The SMILES string of the molecule is CC(=O)c1ccc(CCCC(=O)NCC(C)(C)c2nc(-c3ccc(F)cc3)n[nH]2)s1.CC(=O)c1ccc(CCCC(=O)O)s1.CC(C)(CN)c1nc(-c2ccc(F)cc2)n[nH]1. The van der Waals surface area contributed by atoms with Crippen LogP contribution in [0, 0.1) is 11.6 Å². The lowest BCUT2D eigenvalue weighted by atomic mass is 9.92. The number of aryl methyl sites for hydroxylation is 2. The number of amides is 1. The average molecular weight is 875 g/mol. The van der Waals surface area contributed by atoms with Crippen molar-refractivity contribution in [3.05, 3.63) is 116 Å². The Kier molecular flexibility index (Phi) is 17.4. The van der Waals surface area contributed by atoms with Gasteiger partial charge in [0.05, 0.1) is 9.75 Å². The van der Waals surface area contributed by atoms with E-state index in [1.807, 2.05) is 45.9 Å². The van der Waals surface area contributed by atoms with Crippen LogP contribution in [-0.4, -0.2) is 72.0 Å². The molecule has 4 heterocycles. The van der Waals surface area contributed by atoms with Crippen LogP contribution in [0.1, 0.15) is 108 Å². The number of halogens is 2. The number of thiophene rings is 2. The van der Waals surface area contributed by atoms with Gasteiger partial charge >= 0.3 is 5.97 Å². The number of rotatable bonds is 17. The summed E-state index contributed by atoms with van der Waals surface area (Å²) in [6, 6.07) is 19.5. The Morgan fingerprint density at radius 3 is 1.49 bits per heavy atom. The third kappa shape index (κ3) is 15.0. The van der Waals surface area contributed by atoms with Gasteiger partial charge < -0.3 is 16.2 Å². The number of benzene rings is 2. The van der Waals surface area contributed by atoms with Crippen LogP contribution in [0.25, 0.3) is 22.8 Å². The lowest BCUT2D eigenvalue weighted by Crippen LogP contribution is -2.37. The third-order valence-corrected chi connectivity index (χ3v) is 11.8. The van der Waals surface area contributed by atoms with Crippen LogP contribution < -0.4 is 11.1 Å². The van der Waals surface area contributed by atoms with E-state index in [1.165, 1.54) is 53.9 Å². The molecule has 4 aromatic heterocycles. The first-order valence-electron chi connectivity index (χ1n) is 19.6. The van der Waals surface area contributed by atoms with Gasteiger partial charge in [-0.3, -0.25) is 29.4 Å². The monoisotopic (exact) mass is 874 g/mol. The van der Waals surface area contributed by atoms with Crippen molar-refractivity contribution in [2.24, 2.45) is 5.73 Å². The van der Waals surface area contributed by atoms with Crippen LogP contribution in [0.2, 0.25) is 0 Å². The second-order valence-corrected chi connectivity index (χ2v) is 17.9. The van der Waals surface area contributed by atoms with Gasteiger partial charge in [0.15, 0.2) is 23.2 Å². The largest absolute Gasteiger partial charge is 0.481 e. The summed E-state index contributed by atoms with van der Waals surface area (Å²) in [5, 5.41) is 25.5. The number of aromatic amines is 2. The van der Waals surface area contributed by atoms with Crippen molar-refractivity contribution in [2.45, 2.75) is 90.9 Å². The number of aliphatic carboxylic acids is 1. The molecule has 61 heavy (non-hydrogen) atoms. The summed E-state index contributed by atoms with van der Waals surface area (Å²) in [7, 11) is 0. The highest BCUT2D eigenvalue weighted by Gasteiger charge is 2.26. The van der Waals surface area contributed by atoms with Crippen LogP contribution in [-0.2, 0) is 33.3 Å². The van der Waals surface area contributed by atoms with Crippen molar-refractivity contribution in [3.8, 4) is 22.8 Å². The minimum absolute atomic E-state index is 0.0234. The molecule has 0 fully saturated rings. The summed E-state index contributed by atoms with van der Waals surface area (Å²) in [6.45, 7) is 11.9. The predicted octanol–water partition coefficient (Wildman–Crippen LogP) is 8.50. The van der Waals surface area contributed by atoms with Crippen molar-refractivity contribution < 1.29 is 33.1 Å². The van der Waals surface area contributed by atoms with Gasteiger partial charge in [0.1, 0.15) is 23.3 Å². The van der Waals surface area contributed by atoms with Gasteiger partial charge in [0.2, 0.25) is 5.91 Å². The number of carbonyl (C=O) groups excluding carboxylic acids is 3. The molecule has 6 aromatic rings. The van der Waals surface area contributed by atoms with E-state index in [-0.39, 0.29) is 40.9 Å². The zero-order chi connectivity index (χ0) is 44.7. The summed E-state index contributed by atoms with van der Waals surface area (Å²) < 4.78 is 25.9. The molecule has 0 saturated heterocycles. The molecule has 13 nitrogen and oxygen atoms in total. The molecule has 0 aliphatic rings. The van der Waals surface area contributed by atoms with Gasteiger partial charge in [-0.05, 0) is 112 Å². The number of H-pyrrole nitrogens is 2. The number of ketones is 2. The Balaban J connectivity index is 0.000000223. The molecule has 0 aliphatic heterocycles. The number of nitrogens with two attached hydrogens (primary N) is 1. The molecule has 1 amide bonds. The van der Waals surface area contributed by atoms with Gasteiger partial charge in [0.25, 0.3) is 0 Å². The van der Waals surface area contributed by atoms with Crippen LogP contribution >= 0.6 is 22.7 Å². The molecule has 0 atom stereocenters. The molecular formula is C44H52F2N8O5S2. The quantitative estimate of drug-likeness (QED) is 0.0552. The van der Waals surface area contributed by atoms with E-state index in [4.69, 9.17) is 10.8 Å². The normalized spacial score (nSPS) is 11.2. The Hall–Kier alpha value is -5.78. The summed E-state index contributed by atoms with van der Waals surface area (Å²) in [4.78, 5) is 57.4. The highest BCUT2D eigenvalue weighted by Crippen LogP contribution is 2.24. The highest BCUT2D eigenvalue weighted by molar-refractivity contribution is 7.14. The zero-order valence-electron chi connectivity index (χ0n) is 35.1. The first-order valence-corrected chi connectivity index (χ1v) is 21.3. The summed E-state index contributed by atoms with van der Waals surface area (Å²) in [5.74, 6) is 1.20. The maximum atomic E-state index is 13.1. The Morgan fingerprint density at radius 1 is 0.672 bits per heavy atom. The van der Waals surface area contributed by atoms with E-state index >= 15 is 0 Å². The maximum Gasteiger partial charge on any atom is 0.303 e. The van der Waals surface area contributed by atoms with Crippen LogP contribution in [0.3, 0.4) is 0 Å². The average Bonchev–Trinajstić information content (AvgIpc) is 4.06. The zero-order valence-corrected chi connectivity index (χ0v) is 36.7. The van der Waals surface area contributed by atoms with E-state index < -0.39 is 11.4 Å². The molecule has 0 bridgehead atoms. The van der Waals surface area contributed by atoms with Crippen molar-refractivity contribution in [1.82, 2.24) is 35.7 Å². The predicted molar refractivity (Wildman–Crippen MR) is 234 cm³/mol. The number of aromatic nitrogens is 6. The molecule has 17 heteroatoms. The first kappa shape index (κ1) is 47.9. The molecule has 0 unspecified atom stereocenters. The van der Waals surface area contributed by atoms with E-state index in [2.05, 4.69) is 35.7 Å². The number of hydrogen-bond acceptors (Lipinski definition) is 11. The summed E-state index contributed by atoms with van der Waals surface area (Å²) >= 11 is 2.94. The molecule has 0 radical (unpaired) electrons. The van der Waals surface area contributed by atoms with Crippen molar-refractivity contribution in [1.29, 1.82) is 0 Å². The van der Waals surface area contributed by atoms with Crippen LogP contribution in [0.15, 0.2) is 72.8 Å². The number of Topliss-reactive ketones (excluding diaryl/α,β-unsaturated/α-hetero) is 2. The van der Waals surface area contributed by atoms with E-state index in [9.17, 15) is 28.0 Å². The lowest BCUT2D eigenvalue weighted by Gasteiger charge is -2.22. The topological polar surface area (TPSA) is 210 Å². The number of nitrogens with one attached hydrogen (secondary N) is 3. The number of carbonyl (C=O) groups is 4. The van der Waals surface area contributed by atoms with E-state index in [0.29, 0.717) is 43.4 Å². The summed E-state index contributed by atoms with van der Waals surface area (Å²) in [6.07, 6.45) is 3.48. The number of carboxylic acids is 1. The van der Waals surface area contributed by atoms with Crippen molar-refractivity contribution in [2.75, 3.05) is 13.1 Å². The Bertz CT molecular complexity index is 2370. The Morgan fingerprint density at radius 2 is 1.10 bits per heavy atom. The van der Waals surface area contributed by atoms with Crippen LogP contribution in [0.4, 0.5) is 8.78 Å². The highest BCUT2D eigenvalue weighted by atomic mass is 32.1. The fraction of sp³-hybridized carbons (Fsp3) is 0.364. The maximum absolute atomic E-state index is 13.1. The van der Waals surface area contributed by atoms with Crippen molar-refractivity contribution in [3.63, 3.8) is 0 Å². The lowest BCUT2D eigenvalue weighted by molar-refractivity contribution is -0.137. The molecule has 0 aliphatic carbocycles. The minimum Gasteiger partial charge on any atom is -0.481 e. The van der Waals surface area contributed by atoms with Crippen molar-refractivity contribution >= 4 is 46.1 Å². The number of carboxylic acid groups (broad SMARTS) is 1. The van der Waals surface area contributed by atoms with E-state index in [1.54, 1.807) is 37.3 Å². The van der Waals surface area contributed by atoms with Gasteiger partial charge in [-0.25, -0.2) is 18.7 Å². The Labute approximate surface area is 361 Å². The molecule has 6 N–H and O–H groups in total. The standard InChI is InChI=1S/C22H25FN4O2S.C12H15FN4.C10H12O3S/c1-14(28)18-12-11-17(30-18)5-4-6-19(29)24-13-22(2,3)21-25-20(26-27-21)15-7-9-16(23)10-8-15;1-12(2,7-14)11-15-10(16-17-11)8-3-5-9(13)6-4-8;1-7(11)9-6-5-8(14-9)3-2-4-10(12)13/h7-12H,4-6,13H2,1-3H3,(H,24,29)(H,25,26,27);3-6H,7,14H2,1-2H3,(H,15,16,17);5-6H,2-4H2,1H3,(H,12,13). The molecule has 0 saturated carbocycles. The van der Waals surface area contributed by atoms with Gasteiger partial charge in [-0.15, -0.1) is 22.7 Å². The van der Waals surface area contributed by atoms with Gasteiger partial charge in [-0.1, -0.05) is 27.7 Å². The summed E-state index contributed by atoms with van der Waals surface area (Å²) in [5.41, 5.74) is 6.49. The fourth-order valence-corrected chi connectivity index (χ4v) is 7.30. The third-order valence-electron chi connectivity index (χ3n) is 9.35. The molecule has 0 spiro atoms. The minimum atomic E-state index is -0.770.